The summed E-state index contributed by atoms with van der Waals surface area (Å²) in [5, 5.41) is 26.5. The van der Waals surface area contributed by atoms with Crippen molar-refractivity contribution in [2.24, 2.45) is 5.92 Å². The van der Waals surface area contributed by atoms with E-state index in [1.807, 2.05) is 30.6 Å². The molecular weight excluding hydrogens is 864 g/mol. The number of halogens is 4. The number of hydrogen-bond acceptors (Lipinski definition) is 6. The number of aromatic nitrogens is 2. The van der Waals surface area contributed by atoms with Gasteiger partial charge in [-0.15, -0.1) is 0 Å². The fourth-order valence-corrected chi connectivity index (χ4v) is 9.57. The van der Waals surface area contributed by atoms with Crippen molar-refractivity contribution >= 4 is 63.7 Å². The molecule has 0 amide bonds. The first-order valence-corrected chi connectivity index (χ1v) is 20.1. The minimum atomic E-state index is 0.294. The number of phenols is 2. The lowest BCUT2D eigenvalue weighted by molar-refractivity contribution is 0.337. The third kappa shape index (κ3) is 8.90. The smallest absolute Gasteiger partial charge is 0.116 e. The normalized spacial score (nSPS) is 18.6. The lowest BCUT2D eigenvalue weighted by atomic mass is 9.77. The summed E-state index contributed by atoms with van der Waals surface area (Å²) >= 11 is 14.3. The van der Waals surface area contributed by atoms with Crippen LogP contribution in [0.2, 0.25) is 0 Å². The van der Waals surface area contributed by atoms with Gasteiger partial charge in [-0.05, 0) is 185 Å². The van der Waals surface area contributed by atoms with Gasteiger partial charge in [0.05, 0.1) is 5.69 Å². The number of rotatable bonds is 1. The molecule has 2 aliphatic carbocycles. The average molecular weight is 906 g/mol. The molecule has 1 unspecified atom stereocenters. The highest BCUT2D eigenvalue weighted by molar-refractivity contribution is 9.11. The Hall–Kier alpha value is -1.82. The molecule has 4 heterocycles. The summed E-state index contributed by atoms with van der Waals surface area (Å²) in [7, 11) is 0. The van der Waals surface area contributed by atoms with Crippen LogP contribution in [0.25, 0.3) is 0 Å². The van der Waals surface area contributed by atoms with Gasteiger partial charge in [0.15, 0.2) is 0 Å². The van der Waals surface area contributed by atoms with E-state index in [9.17, 15) is 10.2 Å². The second kappa shape index (κ2) is 16.9. The molecule has 1 atom stereocenters. The number of aryl methyl sites for hydroxylation is 4. The second-order valence-electron chi connectivity index (χ2n) is 13.1. The Labute approximate surface area is 317 Å². The van der Waals surface area contributed by atoms with E-state index in [4.69, 9.17) is 4.98 Å². The van der Waals surface area contributed by atoms with Crippen molar-refractivity contribution in [3.05, 3.63) is 111 Å². The lowest BCUT2D eigenvalue weighted by Crippen LogP contribution is -2.32. The topological polar surface area (TPSA) is 90.3 Å². The van der Waals surface area contributed by atoms with E-state index in [1.165, 1.54) is 71.4 Å². The number of nitrogens with one attached hydrogen (secondary N) is 2. The molecule has 4 aliphatic rings. The predicted molar refractivity (Wildman–Crippen MR) is 207 cm³/mol. The molecule has 0 saturated carbocycles. The summed E-state index contributed by atoms with van der Waals surface area (Å²) in [5.74, 6) is 1.53. The molecule has 2 aromatic heterocycles. The van der Waals surface area contributed by atoms with Gasteiger partial charge in [0.2, 0.25) is 0 Å². The summed E-state index contributed by atoms with van der Waals surface area (Å²) in [4.78, 5) is 9.36. The maximum Gasteiger partial charge on any atom is 0.116 e. The van der Waals surface area contributed by atoms with Gasteiger partial charge in [-0.1, -0.05) is 38.3 Å². The number of fused-ring (bicyclic) bond motifs is 4. The fraction of sp³-hybridized carbons (Fsp3) is 0.421. The highest BCUT2D eigenvalue weighted by atomic mass is 79.9. The fourth-order valence-electron chi connectivity index (χ4n) is 7.45. The summed E-state index contributed by atoms with van der Waals surface area (Å²) in [6.45, 7) is 4.64. The van der Waals surface area contributed by atoms with Gasteiger partial charge < -0.3 is 20.8 Å². The highest BCUT2D eigenvalue weighted by Gasteiger charge is 2.34. The van der Waals surface area contributed by atoms with Crippen molar-refractivity contribution in [2.45, 2.75) is 70.1 Å². The first kappa shape index (κ1) is 36.0. The minimum Gasteiger partial charge on any atom is -0.508 e. The molecule has 2 fully saturated rings. The van der Waals surface area contributed by atoms with E-state index in [0.717, 1.165) is 81.6 Å². The zero-order valence-electron chi connectivity index (χ0n) is 27.0. The van der Waals surface area contributed by atoms with Crippen molar-refractivity contribution in [3.63, 3.8) is 0 Å². The average Bonchev–Trinajstić information content (AvgIpc) is 3.36. The van der Waals surface area contributed by atoms with Crippen LogP contribution in [0, 0.1) is 5.92 Å². The number of pyridine rings is 2. The summed E-state index contributed by atoms with van der Waals surface area (Å²) < 4.78 is 4.04. The van der Waals surface area contributed by atoms with Crippen molar-refractivity contribution in [1.82, 2.24) is 20.6 Å². The van der Waals surface area contributed by atoms with Crippen LogP contribution in [0.1, 0.15) is 82.8 Å². The van der Waals surface area contributed by atoms with Crippen molar-refractivity contribution < 1.29 is 10.2 Å². The summed E-state index contributed by atoms with van der Waals surface area (Å²) in [6.07, 6.45) is 14.9. The van der Waals surface area contributed by atoms with E-state index in [2.05, 4.69) is 91.5 Å². The quantitative estimate of drug-likeness (QED) is 0.152. The number of nitrogens with zero attached hydrogens (tertiary/aromatic N) is 2. The predicted octanol–water partition coefficient (Wildman–Crippen LogP) is 9.30. The largest absolute Gasteiger partial charge is 0.508 e. The Balaban J connectivity index is 0.000000146. The van der Waals surface area contributed by atoms with Crippen LogP contribution in [0.15, 0.2) is 66.7 Å². The maximum absolute atomic E-state index is 10.1. The Morgan fingerprint density at radius 2 is 1.19 bits per heavy atom. The molecule has 48 heavy (non-hydrogen) atoms. The Kier molecular flexibility index (Phi) is 12.7. The van der Waals surface area contributed by atoms with E-state index in [-0.39, 0.29) is 0 Å². The third-order valence-corrected chi connectivity index (χ3v) is 12.0. The number of phenolic OH excluding ortho intramolecular Hbond substituents is 2. The van der Waals surface area contributed by atoms with Gasteiger partial charge >= 0.3 is 0 Å². The zero-order chi connectivity index (χ0) is 33.6. The van der Waals surface area contributed by atoms with Crippen LogP contribution >= 0.6 is 63.7 Å². The van der Waals surface area contributed by atoms with Crippen LogP contribution in [-0.2, 0) is 32.1 Å². The molecule has 4 aromatic rings. The van der Waals surface area contributed by atoms with Gasteiger partial charge in [-0.3, -0.25) is 9.97 Å². The van der Waals surface area contributed by atoms with Gasteiger partial charge in [-0.25, -0.2) is 0 Å². The molecule has 0 radical (unpaired) electrons. The standard InChI is InChI=1S/C19H20Br2N2O.C14H11Br2NO.C5H11N/c20-14-7-13-2-1-12-8-15(24)9-16(21)17(12)18(19(13)23-10-14)11-3-5-22-6-4-11;15-10-3-9-2-1-8-4-11(18)5-13(16)12(8)6-14(9)17-7-10;1-2-4-6-5-3-1/h7-11,18,22,24H,1-6H2;3-5,7,18H,1-2,6H2;6H,1-5H2. The van der Waals surface area contributed by atoms with E-state index >= 15 is 0 Å². The monoisotopic (exact) mass is 902 g/mol. The van der Waals surface area contributed by atoms with Gasteiger partial charge in [-0.2, -0.15) is 0 Å². The first-order valence-electron chi connectivity index (χ1n) is 17.0. The molecule has 254 valence electrons. The van der Waals surface area contributed by atoms with Crippen molar-refractivity contribution in [1.29, 1.82) is 0 Å². The van der Waals surface area contributed by atoms with Gasteiger partial charge in [0.25, 0.3) is 0 Å². The number of aromatic hydroxyl groups is 2. The number of piperidine rings is 2. The van der Waals surface area contributed by atoms with Crippen LogP contribution in [-0.4, -0.2) is 46.4 Å². The molecule has 2 aromatic carbocycles. The molecule has 8 rings (SSSR count). The minimum absolute atomic E-state index is 0.294. The molecule has 6 nitrogen and oxygen atoms in total. The third-order valence-electron chi connectivity index (χ3n) is 9.81. The zero-order valence-corrected chi connectivity index (χ0v) is 33.3. The summed E-state index contributed by atoms with van der Waals surface area (Å²) in [6, 6.07) is 11.7. The molecule has 10 heteroatoms. The molecule has 0 spiro atoms. The van der Waals surface area contributed by atoms with E-state index in [1.54, 1.807) is 6.07 Å². The number of benzene rings is 2. The first-order chi connectivity index (χ1) is 23.3. The van der Waals surface area contributed by atoms with Crippen LogP contribution in [0.5, 0.6) is 11.5 Å². The van der Waals surface area contributed by atoms with E-state index in [0.29, 0.717) is 23.3 Å². The lowest BCUT2D eigenvalue weighted by Gasteiger charge is -2.32. The number of hydrogen-bond donors (Lipinski definition) is 4. The van der Waals surface area contributed by atoms with Crippen molar-refractivity contribution in [2.75, 3.05) is 26.2 Å². The van der Waals surface area contributed by atoms with Crippen LogP contribution in [0.4, 0.5) is 0 Å². The molecule has 0 bridgehead atoms. The maximum atomic E-state index is 10.1. The van der Waals surface area contributed by atoms with Crippen molar-refractivity contribution in [3.8, 4) is 11.5 Å². The SMILES string of the molecule is C1CCNCC1.Oc1cc(Br)c2c(c1)CCc1cc(Br)cnc1C2.Oc1cc(Br)c2c(c1)CCc1cc(Br)cnc1C2C1CCNCC1. The van der Waals surface area contributed by atoms with Gasteiger partial charge in [0.1, 0.15) is 11.5 Å². The Morgan fingerprint density at radius 3 is 1.88 bits per heavy atom. The van der Waals surface area contributed by atoms with Crippen LogP contribution in [0.3, 0.4) is 0 Å². The molecular formula is C38H42Br4N4O2. The molecule has 2 aliphatic heterocycles. The second-order valence-corrected chi connectivity index (χ2v) is 16.6. The molecule has 2 saturated heterocycles. The summed E-state index contributed by atoms with van der Waals surface area (Å²) in [5.41, 5.74) is 9.98. The Morgan fingerprint density at radius 1 is 0.604 bits per heavy atom. The van der Waals surface area contributed by atoms with Crippen LogP contribution < -0.4 is 10.6 Å². The Bertz CT molecular complexity index is 1730. The molecule has 4 N–H and O–H groups in total. The highest BCUT2D eigenvalue weighted by Crippen LogP contribution is 2.46. The van der Waals surface area contributed by atoms with Gasteiger partial charge in [0, 0.05) is 48.3 Å². The van der Waals surface area contributed by atoms with E-state index < -0.39 is 0 Å².